The third-order valence-electron chi connectivity index (χ3n) is 1.86. The monoisotopic (exact) mass is 225 g/mol. The zero-order chi connectivity index (χ0) is 12.1. The molecule has 86 valence electrons. The van der Waals surface area contributed by atoms with Crippen molar-refractivity contribution in [3.63, 3.8) is 0 Å². The van der Waals surface area contributed by atoms with Crippen LogP contribution >= 0.6 is 0 Å². The first-order valence-corrected chi connectivity index (χ1v) is 4.35. The van der Waals surface area contributed by atoms with Crippen LogP contribution < -0.4 is 5.32 Å². The van der Waals surface area contributed by atoms with Gasteiger partial charge in [-0.1, -0.05) is 6.07 Å². The van der Waals surface area contributed by atoms with Crippen molar-refractivity contribution in [1.82, 2.24) is 0 Å². The Balaban J connectivity index is 3.04. The molecule has 0 spiro atoms. The number of benzene rings is 1. The highest BCUT2D eigenvalue weighted by atomic mass is 16.5. The average molecular weight is 225 g/mol. The van der Waals surface area contributed by atoms with Gasteiger partial charge in [0.25, 0.3) is 0 Å². The van der Waals surface area contributed by atoms with Crippen molar-refractivity contribution in [2.75, 3.05) is 19.5 Å². The van der Waals surface area contributed by atoms with Crippen LogP contribution in [0, 0.1) is 0 Å². The molecule has 0 saturated carbocycles. The van der Waals surface area contributed by atoms with Gasteiger partial charge in [-0.3, -0.25) is 5.32 Å². The zero-order valence-corrected chi connectivity index (χ0v) is 8.81. The molecule has 6 heteroatoms. The Morgan fingerprint density at radius 3 is 2.50 bits per heavy atom. The fourth-order valence-electron chi connectivity index (χ4n) is 1.08. The van der Waals surface area contributed by atoms with E-state index in [4.69, 9.17) is 0 Å². The molecule has 0 aliphatic rings. The summed E-state index contributed by atoms with van der Waals surface area (Å²) in [4.78, 5) is 22.1. The van der Waals surface area contributed by atoms with Crippen LogP contribution in [0.3, 0.4) is 0 Å². The maximum Gasteiger partial charge on any atom is 0.411 e. The fourth-order valence-corrected chi connectivity index (χ4v) is 1.08. The van der Waals surface area contributed by atoms with E-state index in [1.807, 2.05) is 0 Å². The van der Waals surface area contributed by atoms with Gasteiger partial charge in [0.15, 0.2) is 5.75 Å². The second kappa shape index (κ2) is 5.01. The van der Waals surface area contributed by atoms with Gasteiger partial charge in [0.2, 0.25) is 0 Å². The van der Waals surface area contributed by atoms with Crippen LogP contribution in [0.4, 0.5) is 10.5 Å². The summed E-state index contributed by atoms with van der Waals surface area (Å²) in [7, 11) is 2.39. The molecule has 1 aromatic carbocycles. The Kier molecular flexibility index (Phi) is 3.71. The second-order valence-electron chi connectivity index (χ2n) is 2.81. The van der Waals surface area contributed by atoms with Crippen molar-refractivity contribution >= 4 is 17.7 Å². The lowest BCUT2D eigenvalue weighted by molar-refractivity contribution is 0.0597. The van der Waals surface area contributed by atoms with Gasteiger partial charge < -0.3 is 14.6 Å². The Bertz CT molecular complexity index is 416. The molecule has 0 unspecified atom stereocenters. The molecule has 16 heavy (non-hydrogen) atoms. The number of aromatic hydroxyl groups is 1. The van der Waals surface area contributed by atoms with E-state index in [-0.39, 0.29) is 17.0 Å². The maximum atomic E-state index is 11.2. The molecule has 0 saturated heterocycles. The van der Waals surface area contributed by atoms with E-state index >= 15 is 0 Å². The van der Waals surface area contributed by atoms with Crippen LogP contribution in [-0.4, -0.2) is 31.4 Å². The first kappa shape index (κ1) is 11.8. The van der Waals surface area contributed by atoms with Gasteiger partial charge in [0.1, 0.15) is 5.56 Å². The van der Waals surface area contributed by atoms with Crippen molar-refractivity contribution in [2.45, 2.75) is 0 Å². The zero-order valence-electron chi connectivity index (χ0n) is 8.81. The second-order valence-corrected chi connectivity index (χ2v) is 2.81. The van der Waals surface area contributed by atoms with Crippen LogP contribution in [0.1, 0.15) is 10.4 Å². The van der Waals surface area contributed by atoms with Crippen LogP contribution in [0.5, 0.6) is 5.75 Å². The highest BCUT2D eigenvalue weighted by Crippen LogP contribution is 2.27. The number of hydrogen-bond acceptors (Lipinski definition) is 5. The molecule has 0 heterocycles. The molecule has 0 aliphatic carbocycles. The number of phenolic OH excluding ortho intramolecular Hbond substituents is 1. The van der Waals surface area contributed by atoms with Gasteiger partial charge in [-0.05, 0) is 12.1 Å². The summed E-state index contributed by atoms with van der Waals surface area (Å²) in [5.74, 6) is -1.05. The normalized spacial score (nSPS) is 9.38. The molecule has 0 bridgehead atoms. The van der Waals surface area contributed by atoms with E-state index in [1.54, 1.807) is 0 Å². The number of carbonyl (C=O) groups is 2. The average Bonchev–Trinajstić information content (AvgIpc) is 2.30. The van der Waals surface area contributed by atoms with Gasteiger partial charge in [-0.25, -0.2) is 9.59 Å². The van der Waals surface area contributed by atoms with E-state index in [1.165, 1.54) is 32.4 Å². The lowest BCUT2D eigenvalue weighted by atomic mass is 10.1. The summed E-state index contributed by atoms with van der Waals surface area (Å²) in [6.45, 7) is 0. The van der Waals surface area contributed by atoms with Gasteiger partial charge in [0.05, 0.1) is 19.9 Å². The minimum atomic E-state index is -0.739. The largest absolute Gasteiger partial charge is 0.505 e. The van der Waals surface area contributed by atoms with Crippen molar-refractivity contribution in [2.24, 2.45) is 0 Å². The highest BCUT2D eigenvalue weighted by Gasteiger charge is 2.15. The lowest BCUT2D eigenvalue weighted by Crippen LogP contribution is -2.12. The van der Waals surface area contributed by atoms with Crippen LogP contribution in [0.25, 0.3) is 0 Å². The van der Waals surface area contributed by atoms with E-state index in [0.717, 1.165) is 0 Å². The van der Waals surface area contributed by atoms with Crippen molar-refractivity contribution in [3.8, 4) is 5.75 Å². The van der Waals surface area contributed by atoms with Crippen molar-refractivity contribution in [3.05, 3.63) is 23.8 Å². The molecular weight excluding hydrogens is 214 g/mol. The summed E-state index contributed by atoms with van der Waals surface area (Å²) in [5.41, 5.74) is 0.0474. The molecule has 0 aliphatic heterocycles. The van der Waals surface area contributed by atoms with Gasteiger partial charge in [-0.2, -0.15) is 0 Å². The van der Waals surface area contributed by atoms with Crippen LogP contribution in [0.15, 0.2) is 18.2 Å². The smallest absolute Gasteiger partial charge is 0.411 e. The molecule has 1 amide bonds. The molecule has 0 fully saturated rings. The number of nitrogens with one attached hydrogen (secondary N) is 1. The minimum absolute atomic E-state index is 0.0311. The fraction of sp³-hybridized carbons (Fsp3) is 0.200. The summed E-state index contributed by atoms with van der Waals surface area (Å²) in [5, 5.41) is 11.9. The van der Waals surface area contributed by atoms with Gasteiger partial charge in [0, 0.05) is 0 Å². The Morgan fingerprint density at radius 1 is 1.25 bits per heavy atom. The van der Waals surface area contributed by atoms with Crippen molar-refractivity contribution < 1.29 is 24.2 Å². The van der Waals surface area contributed by atoms with Gasteiger partial charge >= 0.3 is 12.1 Å². The molecule has 0 aromatic heterocycles. The number of carbonyl (C=O) groups excluding carboxylic acids is 2. The third kappa shape index (κ3) is 2.41. The first-order valence-electron chi connectivity index (χ1n) is 4.35. The van der Waals surface area contributed by atoms with E-state index in [2.05, 4.69) is 14.8 Å². The number of amides is 1. The Labute approximate surface area is 91.8 Å². The van der Waals surface area contributed by atoms with E-state index in [9.17, 15) is 14.7 Å². The quantitative estimate of drug-likeness (QED) is 0.586. The maximum absolute atomic E-state index is 11.2. The first-order chi connectivity index (χ1) is 7.60. The summed E-state index contributed by atoms with van der Waals surface area (Å²) < 4.78 is 8.82. The lowest BCUT2D eigenvalue weighted by Gasteiger charge is -2.08. The molecule has 2 N–H and O–H groups in total. The number of methoxy groups -OCH3 is 2. The molecule has 1 rings (SSSR count). The van der Waals surface area contributed by atoms with Gasteiger partial charge in [-0.15, -0.1) is 0 Å². The molecule has 0 radical (unpaired) electrons. The number of anilines is 1. The SMILES string of the molecule is COC(=O)Nc1cccc(C(=O)OC)c1O. The molecule has 1 aromatic rings. The molecule has 6 nitrogen and oxygen atoms in total. The number of phenols is 1. The topological polar surface area (TPSA) is 84.9 Å². The molecular formula is C10H11NO5. The Morgan fingerprint density at radius 2 is 1.94 bits per heavy atom. The summed E-state index contributed by atoms with van der Waals surface area (Å²) in [6.07, 6.45) is -0.739. The number of ether oxygens (including phenoxy) is 2. The Hall–Kier alpha value is -2.24. The highest BCUT2D eigenvalue weighted by molar-refractivity contribution is 5.97. The third-order valence-corrected chi connectivity index (χ3v) is 1.86. The van der Waals surface area contributed by atoms with Crippen LogP contribution in [0.2, 0.25) is 0 Å². The molecule has 0 atom stereocenters. The summed E-state index contributed by atoms with van der Waals surface area (Å²) in [6, 6.07) is 4.31. The minimum Gasteiger partial charge on any atom is -0.505 e. The number of hydrogen-bond donors (Lipinski definition) is 2. The van der Waals surface area contributed by atoms with Crippen molar-refractivity contribution in [1.29, 1.82) is 0 Å². The van der Waals surface area contributed by atoms with E-state index < -0.39 is 12.1 Å². The predicted molar refractivity (Wildman–Crippen MR) is 55.5 cm³/mol. The van der Waals surface area contributed by atoms with E-state index in [0.29, 0.717) is 0 Å². The number of rotatable bonds is 2. The predicted octanol–water partition coefficient (Wildman–Crippen LogP) is 1.36. The number of esters is 1. The summed E-state index contributed by atoms with van der Waals surface area (Å²) >= 11 is 0. The van der Waals surface area contributed by atoms with Crippen LogP contribution in [-0.2, 0) is 9.47 Å². The number of para-hydroxylation sites is 1. The standard InChI is InChI=1S/C10H11NO5/c1-15-9(13)6-4-3-5-7(8(6)12)11-10(14)16-2/h3-5,12H,1-2H3,(H,11,14).